The van der Waals surface area contributed by atoms with E-state index in [4.69, 9.17) is 0 Å². The van der Waals surface area contributed by atoms with Crippen molar-refractivity contribution in [3.05, 3.63) is 89.8 Å². The van der Waals surface area contributed by atoms with E-state index in [-0.39, 0.29) is 11.5 Å². The van der Waals surface area contributed by atoms with Crippen LogP contribution in [0.3, 0.4) is 0 Å². The van der Waals surface area contributed by atoms with Gasteiger partial charge in [-0.2, -0.15) is 0 Å². The van der Waals surface area contributed by atoms with Crippen molar-refractivity contribution < 1.29 is 19.7 Å². The van der Waals surface area contributed by atoms with Gasteiger partial charge in [-0.1, -0.05) is 30.3 Å². The van der Waals surface area contributed by atoms with Crippen LogP contribution in [0.5, 0.6) is 5.75 Å². The molecule has 0 bridgehead atoms. The maximum Gasteiger partial charge on any atom is 0.318 e. The van der Waals surface area contributed by atoms with E-state index < -0.39 is 27.0 Å². The summed E-state index contributed by atoms with van der Waals surface area (Å²) in [4.78, 5) is 39.2. The van der Waals surface area contributed by atoms with Crippen molar-refractivity contribution in [2.75, 3.05) is 0 Å². The Hall–Kier alpha value is -4.12. The van der Waals surface area contributed by atoms with Gasteiger partial charge in [-0.25, -0.2) is 4.99 Å². The first-order valence-electron chi connectivity index (χ1n) is 10.5. The van der Waals surface area contributed by atoms with E-state index in [2.05, 4.69) is 10.3 Å². The second-order valence-corrected chi connectivity index (χ2v) is 8.82. The maximum absolute atomic E-state index is 13.1. The largest absolute Gasteiger partial charge is 0.497 e. The van der Waals surface area contributed by atoms with E-state index in [9.17, 15) is 30.1 Å². The van der Waals surface area contributed by atoms with Gasteiger partial charge in [0.2, 0.25) is 0 Å². The van der Waals surface area contributed by atoms with Gasteiger partial charge in [-0.05, 0) is 36.8 Å². The fourth-order valence-electron chi connectivity index (χ4n) is 3.85. The summed E-state index contributed by atoms with van der Waals surface area (Å²) in [5.41, 5.74) is 0.863. The average molecular weight is 481 g/mol. The van der Waals surface area contributed by atoms with Crippen LogP contribution in [0.2, 0.25) is 0 Å². The molecular formula is C23H20N4O6S. The number of aromatic hydroxyl groups is 1. The summed E-state index contributed by atoms with van der Waals surface area (Å²) in [6, 6.07) is 11.5. The van der Waals surface area contributed by atoms with Crippen LogP contribution in [-0.2, 0) is 19.4 Å². The van der Waals surface area contributed by atoms with E-state index in [1.807, 2.05) is 30.3 Å². The molecule has 0 aliphatic heterocycles. The molecule has 0 unspecified atom stereocenters. The van der Waals surface area contributed by atoms with E-state index in [1.165, 1.54) is 17.6 Å². The lowest BCUT2D eigenvalue weighted by molar-refractivity contribution is -0.396. The number of hydrogen-bond acceptors (Lipinski definition) is 8. The quantitative estimate of drug-likeness (QED) is 0.281. The molecule has 3 aromatic rings. The van der Waals surface area contributed by atoms with Crippen molar-refractivity contribution in [2.45, 2.75) is 32.2 Å². The fourth-order valence-corrected chi connectivity index (χ4v) is 5.09. The SMILES string of the molecule is O=C(NCc1ccccc1)c1c(N=Cc2cc([N+](=O)[O-])c(O)c([N+](=O)[O-])c2)sc2c1CCCC2. The molecule has 10 nitrogen and oxygen atoms in total. The normalized spacial score (nSPS) is 12.9. The standard InChI is InChI=1S/C23H20N4O6S/c28-21-17(26(30)31)10-15(11-18(21)27(32)33)13-25-23-20(16-8-4-5-9-19(16)34-23)22(29)24-12-14-6-2-1-3-7-14/h1-3,6-7,10-11,13,28H,4-5,8-9,12H2,(H,24,29). The summed E-state index contributed by atoms with van der Waals surface area (Å²) in [6.07, 6.45) is 4.81. The minimum absolute atomic E-state index is 0.0678. The fraction of sp³-hybridized carbons (Fsp3) is 0.217. The zero-order valence-corrected chi connectivity index (χ0v) is 18.7. The molecule has 0 saturated heterocycles. The first-order valence-corrected chi connectivity index (χ1v) is 11.3. The van der Waals surface area contributed by atoms with Gasteiger partial charge in [0.05, 0.1) is 15.4 Å². The summed E-state index contributed by atoms with van der Waals surface area (Å²) < 4.78 is 0. The van der Waals surface area contributed by atoms with Crippen molar-refractivity contribution in [3.8, 4) is 5.75 Å². The number of thiophene rings is 1. The minimum Gasteiger partial charge on any atom is -0.497 e. The second-order valence-electron chi connectivity index (χ2n) is 7.74. The Kier molecular flexibility index (Phi) is 6.64. The van der Waals surface area contributed by atoms with E-state index in [0.29, 0.717) is 17.1 Å². The average Bonchev–Trinajstić information content (AvgIpc) is 3.20. The van der Waals surface area contributed by atoms with Crippen molar-refractivity contribution in [3.63, 3.8) is 0 Å². The number of carbonyl (C=O) groups is 1. The lowest BCUT2D eigenvalue weighted by atomic mass is 9.95. The number of rotatable bonds is 7. The van der Waals surface area contributed by atoms with Gasteiger partial charge >= 0.3 is 11.4 Å². The van der Waals surface area contributed by atoms with Crippen LogP contribution in [0.1, 0.15) is 44.8 Å². The Balaban J connectivity index is 1.68. The number of fused-ring (bicyclic) bond motifs is 1. The Morgan fingerprint density at radius 2 is 1.74 bits per heavy atom. The number of nitrogens with zero attached hydrogens (tertiary/aromatic N) is 3. The molecule has 0 atom stereocenters. The summed E-state index contributed by atoms with van der Waals surface area (Å²) in [7, 11) is 0. The number of nitrogens with one attached hydrogen (secondary N) is 1. The van der Waals surface area contributed by atoms with E-state index in [1.54, 1.807) is 0 Å². The monoisotopic (exact) mass is 480 g/mol. The molecule has 4 rings (SSSR count). The summed E-state index contributed by atoms with van der Waals surface area (Å²) in [5.74, 6) is -1.28. The molecule has 2 aromatic carbocycles. The lowest BCUT2D eigenvalue weighted by Crippen LogP contribution is -2.24. The highest BCUT2D eigenvalue weighted by Crippen LogP contribution is 2.40. The predicted molar refractivity (Wildman–Crippen MR) is 127 cm³/mol. The highest BCUT2D eigenvalue weighted by atomic mass is 32.1. The van der Waals surface area contributed by atoms with Crippen LogP contribution in [0.25, 0.3) is 0 Å². The van der Waals surface area contributed by atoms with Gasteiger partial charge in [-0.3, -0.25) is 25.0 Å². The first kappa shape index (κ1) is 23.1. The molecule has 0 fully saturated rings. The number of phenols is 1. The highest BCUT2D eigenvalue weighted by molar-refractivity contribution is 7.16. The third-order valence-corrected chi connectivity index (χ3v) is 6.69. The number of aliphatic imine (C=N–C) groups is 1. The van der Waals surface area contributed by atoms with Crippen LogP contribution >= 0.6 is 11.3 Å². The van der Waals surface area contributed by atoms with Gasteiger partial charge in [0.15, 0.2) is 0 Å². The van der Waals surface area contributed by atoms with Crippen molar-refractivity contribution in [2.24, 2.45) is 4.99 Å². The first-order chi connectivity index (χ1) is 16.3. The van der Waals surface area contributed by atoms with E-state index >= 15 is 0 Å². The Labute approximate surface area is 197 Å². The van der Waals surface area contributed by atoms with Crippen LogP contribution in [0.15, 0.2) is 47.5 Å². The molecule has 11 heteroatoms. The summed E-state index contributed by atoms with van der Waals surface area (Å²) in [6.45, 7) is 0.351. The smallest absolute Gasteiger partial charge is 0.318 e. The molecule has 34 heavy (non-hydrogen) atoms. The molecule has 1 aliphatic carbocycles. The van der Waals surface area contributed by atoms with E-state index in [0.717, 1.165) is 53.8 Å². The van der Waals surface area contributed by atoms with Gasteiger partial charge in [0.25, 0.3) is 11.7 Å². The summed E-state index contributed by atoms with van der Waals surface area (Å²) >= 11 is 1.38. The molecule has 1 aliphatic rings. The Bertz CT molecular complexity index is 1270. The second kappa shape index (κ2) is 9.79. The topological polar surface area (TPSA) is 148 Å². The molecule has 0 spiro atoms. The number of phenolic OH excluding ortho intramolecular Hbond substituents is 1. The molecule has 0 radical (unpaired) electrons. The molecule has 2 N–H and O–H groups in total. The molecule has 1 heterocycles. The van der Waals surface area contributed by atoms with Crippen molar-refractivity contribution >= 4 is 39.8 Å². The predicted octanol–water partition coefficient (Wildman–Crippen LogP) is 4.83. The minimum atomic E-state index is -1.01. The van der Waals surface area contributed by atoms with Crippen molar-refractivity contribution in [1.82, 2.24) is 5.32 Å². The van der Waals surface area contributed by atoms with Gasteiger partial charge in [-0.15, -0.1) is 11.3 Å². The van der Waals surface area contributed by atoms with Gasteiger partial charge < -0.3 is 10.4 Å². The number of nitro benzene ring substituents is 2. The number of nitro groups is 2. The van der Waals surface area contributed by atoms with Gasteiger partial charge in [0.1, 0.15) is 5.00 Å². The number of hydrogen-bond donors (Lipinski definition) is 2. The van der Waals surface area contributed by atoms with Crippen LogP contribution < -0.4 is 5.32 Å². The number of benzene rings is 2. The zero-order chi connectivity index (χ0) is 24.2. The lowest BCUT2D eigenvalue weighted by Gasteiger charge is -2.12. The van der Waals surface area contributed by atoms with Crippen LogP contribution in [0, 0.1) is 20.2 Å². The number of carbonyl (C=O) groups excluding carboxylic acids is 1. The third-order valence-electron chi connectivity index (χ3n) is 5.49. The van der Waals surface area contributed by atoms with Crippen molar-refractivity contribution in [1.29, 1.82) is 0 Å². The number of aryl methyl sites for hydroxylation is 1. The van der Waals surface area contributed by atoms with Crippen LogP contribution in [0.4, 0.5) is 16.4 Å². The Morgan fingerprint density at radius 3 is 2.38 bits per heavy atom. The highest BCUT2D eigenvalue weighted by Gasteiger charge is 2.27. The molecule has 0 saturated carbocycles. The zero-order valence-electron chi connectivity index (χ0n) is 17.9. The maximum atomic E-state index is 13.1. The molecule has 174 valence electrons. The molecular weight excluding hydrogens is 460 g/mol. The molecule has 1 amide bonds. The Morgan fingerprint density at radius 1 is 1.09 bits per heavy atom. The molecule has 1 aromatic heterocycles. The summed E-state index contributed by atoms with van der Waals surface area (Å²) in [5, 5.41) is 35.6. The third kappa shape index (κ3) is 4.79. The van der Waals surface area contributed by atoms with Crippen LogP contribution in [-0.4, -0.2) is 27.1 Å². The van der Waals surface area contributed by atoms with Gasteiger partial charge in [0, 0.05) is 35.3 Å². The number of amides is 1.